The summed E-state index contributed by atoms with van der Waals surface area (Å²) in [6.07, 6.45) is -4.96. The number of hydrogen-bond donors (Lipinski definition) is 3. The molecule has 1 aliphatic carbocycles. The van der Waals surface area contributed by atoms with Gasteiger partial charge in [0.05, 0.1) is 16.1 Å². The van der Waals surface area contributed by atoms with Crippen LogP contribution >= 0.6 is 0 Å². The number of aromatic hydroxyl groups is 2. The highest BCUT2D eigenvalue weighted by atomic mass is 32.2. The molecule has 3 aromatic carbocycles. The molecule has 0 atom stereocenters. The molecule has 0 aliphatic heterocycles. The quantitative estimate of drug-likeness (QED) is 0.382. The van der Waals surface area contributed by atoms with Crippen LogP contribution < -0.4 is 9.46 Å². The molecule has 0 saturated carbocycles. The van der Waals surface area contributed by atoms with Crippen LogP contribution in [-0.4, -0.2) is 36.6 Å². The van der Waals surface area contributed by atoms with Crippen molar-refractivity contribution in [3.63, 3.8) is 0 Å². The average Bonchev–Trinajstić information content (AvgIpc) is 2.74. The highest BCUT2D eigenvalue weighted by Gasteiger charge is 2.35. The van der Waals surface area contributed by atoms with E-state index in [-0.39, 0.29) is 16.7 Å². The van der Waals surface area contributed by atoms with Crippen molar-refractivity contribution in [2.45, 2.75) is 11.3 Å². The van der Waals surface area contributed by atoms with Gasteiger partial charge in [-0.2, -0.15) is 0 Å². The Labute approximate surface area is 183 Å². The number of rotatable bonds is 4. The van der Waals surface area contributed by atoms with E-state index in [0.29, 0.717) is 0 Å². The van der Waals surface area contributed by atoms with E-state index in [1.807, 2.05) is 4.72 Å². The maximum Gasteiger partial charge on any atom is 0.573 e. The molecule has 0 amide bonds. The van der Waals surface area contributed by atoms with Crippen molar-refractivity contribution < 1.29 is 46.1 Å². The van der Waals surface area contributed by atoms with E-state index in [0.717, 1.165) is 30.3 Å². The van der Waals surface area contributed by atoms with Crippen LogP contribution in [-0.2, 0) is 10.0 Å². The van der Waals surface area contributed by atoms with Gasteiger partial charge in [0.25, 0.3) is 10.0 Å². The smallest absolute Gasteiger partial charge is 0.504 e. The standard InChI is InChI=1S/C21H12F3NO7S/c22-21(23,24)32-10-5-7-11(8-6-10)33(30,31)25-15-9-14-16(20(29)19(15)28)18(27)13-4-2-1-3-12(13)17(14)26/h1-9,25,28-29H. The summed E-state index contributed by atoms with van der Waals surface area (Å²) in [5, 5.41) is 20.7. The van der Waals surface area contributed by atoms with E-state index in [4.69, 9.17) is 0 Å². The molecule has 0 heterocycles. The number of nitrogens with one attached hydrogen (secondary N) is 1. The van der Waals surface area contributed by atoms with E-state index < -0.39 is 61.3 Å². The van der Waals surface area contributed by atoms with Crippen molar-refractivity contribution >= 4 is 27.3 Å². The lowest BCUT2D eigenvalue weighted by Crippen LogP contribution is -2.22. The first-order chi connectivity index (χ1) is 15.4. The molecule has 3 aromatic rings. The minimum atomic E-state index is -4.96. The summed E-state index contributed by atoms with van der Waals surface area (Å²) in [7, 11) is -4.49. The Kier molecular flexibility index (Phi) is 5.04. The van der Waals surface area contributed by atoms with Gasteiger partial charge in [-0.05, 0) is 30.3 Å². The second-order valence-corrected chi connectivity index (χ2v) is 8.55. The number of phenols is 2. The van der Waals surface area contributed by atoms with Crippen molar-refractivity contribution in [3.05, 3.63) is 76.9 Å². The molecule has 0 aromatic heterocycles. The van der Waals surface area contributed by atoms with Crippen molar-refractivity contribution in [1.29, 1.82) is 0 Å². The van der Waals surface area contributed by atoms with Gasteiger partial charge in [-0.1, -0.05) is 24.3 Å². The lowest BCUT2D eigenvalue weighted by atomic mass is 9.83. The first-order valence-electron chi connectivity index (χ1n) is 9.05. The molecule has 33 heavy (non-hydrogen) atoms. The van der Waals surface area contributed by atoms with Gasteiger partial charge in [-0.15, -0.1) is 13.2 Å². The second-order valence-electron chi connectivity index (χ2n) is 6.87. The molecule has 12 heteroatoms. The molecule has 1 aliphatic rings. The monoisotopic (exact) mass is 479 g/mol. The minimum absolute atomic E-state index is 0.0131. The molecule has 4 rings (SSSR count). The molecule has 0 radical (unpaired) electrons. The van der Waals surface area contributed by atoms with Gasteiger partial charge in [0.15, 0.2) is 23.1 Å². The molecule has 0 unspecified atom stereocenters. The van der Waals surface area contributed by atoms with Crippen molar-refractivity contribution in [2.75, 3.05) is 4.72 Å². The minimum Gasteiger partial charge on any atom is -0.504 e. The number of benzene rings is 3. The number of ether oxygens (including phenoxy) is 1. The van der Waals surface area contributed by atoms with Crippen LogP contribution in [0.4, 0.5) is 18.9 Å². The number of ketones is 2. The second kappa shape index (κ2) is 7.52. The molecular weight excluding hydrogens is 467 g/mol. The number of carbonyl (C=O) groups excluding carboxylic acids is 2. The number of fused-ring (bicyclic) bond motifs is 2. The Bertz CT molecular complexity index is 1420. The van der Waals surface area contributed by atoms with Gasteiger partial charge in [-0.25, -0.2) is 8.42 Å². The summed E-state index contributed by atoms with van der Waals surface area (Å²) in [6, 6.07) is 9.88. The fraction of sp³-hybridized carbons (Fsp3) is 0.0476. The molecule has 0 saturated heterocycles. The molecule has 0 spiro atoms. The predicted octanol–water partition coefficient (Wildman–Crippen LogP) is 3.57. The SMILES string of the molecule is O=C1c2ccccc2C(=O)c2c1cc(NS(=O)(=O)c1ccc(OC(F)(F)F)cc1)c(O)c2O. The van der Waals surface area contributed by atoms with Gasteiger partial charge in [0.1, 0.15) is 5.75 Å². The van der Waals surface area contributed by atoms with Gasteiger partial charge in [-0.3, -0.25) is 14.3 Å². The summed E-state index contributed by atoms with van der Waals surface area (Å²) in [5.41, 5.74) is -1.37. The molecular formula is C21H12F3NO7S. The highest BCUT2D eigenvalue weighted by Crippen LogP contribution is 2.43. The van der Waals surface area contributed by atoms with Gasteiger partial charge < -0.3 is 14.9 Å². The number of sulfonamides is 1. The Morgan fingerprint density at radius 2 is 1.39 bits per heavy atom. The van der Waals surface area contributed by atoms with Crippen LogP contribution in [0.3, 0.4) is 0 Å². The van der Waals surface area contributed by atoms with E-state index >= 15 is 0 Å². The van der Waals surface area contributed by atoms with Crippen LogP contribution in [0.1, 0.15) is 31.8 Å². The van der Waals surface area contributed by atoms with E-state index in [9.17, 15) is 41.4 Å². The van der Waals surface area contributed by atoms with Crippen molar-refractivity contribution in [2.24, 2.45) is 0 Å². The third-order valence-corrected chi connectivity index (χ3v) is 6.16. The maximum atomic E-state index is 12.8. The van der Waals surface area contributed by atoms with Gasteiger partial charge >= 0.3 is 6.36 Å². The van der Waals surface area contributed by atoms with Gasteiger partial charge in [0.2, 0.25) is 0 Å². The third-order valence-electron chi connectivity index (χ3n) is 4.77. The molecule has 8 nitrogen and oxygen atoms in total. The molecule has 0 fully saturated rings. The number of phenolic OH excluding ortho intramolecular Hbond substituents is 2. The lowest BCUT2D eigenvalue weighted by molar-refractivity contribution is -0.274. The Hall–Kier alpha value is -4.06. The van der Waals surface area contributed by atoms with Crippen molar-refractivity contribution in [3.8, 4) is 17.2 Å². The fourth-order valence-corrected chi connectivity index (χ4v) is 4.39. The summed E-state index contributed by atoms with van der Waals surface area (Å²) in [5.74, 6) is -4.06. The summed E-state index contributed by atoms with van der Waals surface area (Å²) in [4.78, 5) is 25.1. The third kappa shape index (κ3) is 3.96. The number of alkyl halides is 3. The first kappa shape index (κ1) is 22.1. The van der Waals surface area contributed by atoms with Crippen LogP contribution in [0.15, 0.2) is 59.5 Å². The average molecular weight is 479 g/mol. The molecule has 170 valence electrons. The zero-order chi connectivity index (χ0) is 24.1. The van der Waals surface area contributed by atoms with E-state index in [2.05, 4.69) is 4.74 Å². The highest BCUT2D eigenvalue weighted by molar-refractivity contribution is 7.92. The molecule has 3 N–H and O–H groups in total. The van der Waals surface area contributed by atoms with Crippen LogP contribution in [0, 0.1) is 0 Å². The Balaban J connectivity index is 1.72. The first-order valence-corrected chi connectivity index (χ1v) is 10.5. The number of hydrogen-bond acceptors (Lipinski definition) is 7. The van der Waals surface area contributed by atoms with Crippen LogP contribution in [0.25, 0.3) is 0 Å². The zero-order valence-electron chi connectivity index (χ0n) is 16.2. The lowest BCUT2D eigenvalue weighted by Gasteiger charge is -2.20. The molecule has 0 bridgehead atoms. The Morgan fingerprint density at radius 1 is 0.818 bits per heavy atom. The number of halogens is 3. The van der Waals surface area contributed by atoms with Crippen LogP contribution in [0.5, 0.6) is 17.2 Å². The largest absolute Gasteiger partial charge is 0.573 e. The van der Waals surface area contributed by atoms with Crippen LogP contribution in [0.2, 0.25) is 0 Å². The maximum absolute atomic E-state index is 12.8. The summed E-state index contributed by atoms with van der Waals surface area (Å²) >= 11 is 0. The topological polar surface area (TPSA) is 130 Å². The van der Waals surface area contributed by atoms with E-state index in [1.54, 1.807) is 0 Å². The summed E-state index contributed by atoms with van der Waals surface area (Å²) < 4.78 is 67.8. The number of anilines is 1. The normalized spacial score (nSPS) is 13.3. The Morgan fingerprint density at radius 3 is 1.97 bits per heavy atom. The number of carbonyl (C=O) groups is 2. The van der Waals surface area contributed by atoms with Crippen molar-refractivity contribution in [1.82, 2.24) is 0 Å². The zero-order valence-corrected chi connectivity index (χ0v) is 17.0. The summed E-state index contributed by atoms with van der Waals surface area (Å²) in [6.45, 7) is 0. The fourth-order valence-electron chi connectivity index (χ4n) is 3.33. The van der Waals surface area contributed by atoms with E-state index in [1.165, 1.54) is 24.3 Å². The predicted molar refractivity (Wildman–Crippen MR) is 107 cm³/mol. The van der Waals surface area contributed by atoms with Gasteiger partial charge in [0, 0.05) is 16.7 Å².